The van der Waals surface area contributed by atoms with Gasteiger partial charge in [-0.25, -0.2) is 0 Å². The fourth-order valence-electron chi connectivity index (χ4n) is 1.26. The number of halogens is 3. The maximum atomic E-state index is 12.6. The van der Waals surface area contributed by atoms with Gasteiger partial charge < -0.3 is 9.15 Å². The van der Waals surface area contributed by atoms with Crippen LogP contribution in [0, 0.1) is 6.92 Å². The van der Waals surface area contributed by atoms with E-state index >= 15 is 0 Å². The Morgan fingerprint density at radius 2 is 1.94 bits per heavy atom. The first-order valence-electron chi connectivity index (χ1n) is 4.73. The molecule has 0 aliphatic rings. The Kier molecular flexibility index (Phi) is 2.79. The van der Waals surface area contributed by atoms with Crippen molar-refractivity contribution >= 4 is 0 Å². The van der Waals surface area contributed by atoms with E-state index < -0.39 is 11.7 Å². The molecule has 0 spiro atoms. The largest absolute Gasteiger partial charge is 0.419 e. The van der Waals surface area contributed by atoms with Gasteiger partial charge in [0.25, 0.3) is 0 Å². The molecule has 0 bridgehead atoms. The van der Waals surface area contributed by atoms with E-state index in [-0.39, 0.29) is 11.8 Å². The maximum Gasteiger partial charge on any atom is 0.419 e. The van der Waals surface area contributed by atoms with Gasteiger partial charge in [0, 0.05) is 0 Å². The minimum absolute atomic E-state index is 0.209. The van der Waals surface area contributed by atoms with Crippen LogP contribution in [0.15, 0.2) is 34.9 Å². The highest BCUT2D eigenvalue weighted by Gasteiger charge is 2.34. The normalized spacial score (nSPS) is 11.5. The van der Waals surface area contributed by atoms with Crippen LogP contribution in [-0.4, -0.2) is 4.98 Å². The van der Waals surface area contributed by atoms with Crippen LogP contribution < -0.4 is 4.74 Å². The molecular weight excluding hydrogens is 235 g/mol. The van der Waals surface area contributed by atoms with Crippen LogP contribution in [0.1, 0.15) is 11.3 Å². The summed E-state index contributed by atoms with van der Waals surface area (Å²) in [6.45, 7) is 1.64. The smallest absolute Gasteiger partial charge is 0.417 e. The van der Waals surface area contributed by atoms with Crippen LogP contribution in [0.5, 0.6) is 11.8 Å². The number of nitrogens with zero attached hydrogens (tertiary/aromatic N) is 1. The first-order valence-corrected chi connectivity index (χ1v) is 4.73. The first kappa shape index (κ1) is 11.5. The highest BCUT2D eigenvalue weighted by molar-refractivity contribution is 5.36. The molecule has 1 aromatic carbocycles. The van der Waals surface area contributed by atoms with Crippen molar-refractivity contribution in [3.8, 4) is 11.8 Å². The van der Waals surface area contributed by atoms with E-state index in [1.807, 2.05) is 0 Å². The van der Waals surface area contributed by atoms with E-state index in [0.29, 0.717) is 5.69 Å². The Morgan fingerprint density at radius 1 is 1.24 bits per heavy atom. The van der Waals surface area contributed by atoms with Crippen LogP contribution in [-0.2, 0) is 6.18 Å². The van der Waals surface area contributed by atoms with Gasteiger partial charge in [-0.05, 0) is 19.1 Å². The molecule has 0 aliphatic heterocycles. The number of ether oxygens (including phenoxy) is 1. The summed E-state index contributed by atoms with van der Waals surface area (Å²) >= 11 is 0. The van der Waals surface area contributed by atoms with Gasteiger partial charge in [0.05, 0.1) is 11.3 Å². The average molecular weight is 243 g/mol. The zero-order valence-corrected chi connectivity index (χ0v) is 8.78. The van der Waals surface area contributed by atoms with E-state index in [1.165, 1.54) is 24.5 Å². The number of hydrogen-bond donors (Lipinski definition) is 0. The lowest BCUT2D eigenvalue weighted by Crippen LogP contribution is -2.06. The highest BCUT2D eigenvalue weighted by Crippen LogP contribution is 2.37. The van der Waals surface area contributed by atoms with Gasteiger partial charge in [0.15, 0.2) is 0 Å². The molecule has 6 heteroatoms. The SMILES string of the molecule is Cc1coc(Oc2ccccc2C(F)(F)F)n1. The molecule has 1 heterocycles. The van der Waals surface area contributed by atoms with Crippen molar-refractivity contribution in [1.82, 2.24) is 4.98 Å². The molecule has 0 saturated heterocycles. The summed E-state index contributed by atoms with van der Waals surface area (Å²) in [7, 11) is 0. The average Bonchev–Trinajstić information content (AvgIpc) is 2.63. The van der Waals surface area contributed by atoms with Crippen molar-refractivity contribution in [2.45, 2.75) is 13.1 Å². The summed E-state index contributed by atoms with van der Waals surface area (Å²) in [5.41, 5.74) is -0.333. The minimum atomic E-state index is -4.47. The standard InChI is InChI=1S/C11H8F3NO2/c1-7-6-16-10(15-7)17-9-5-3-2-4-8(9)11(12,13)14/h2-6H,1H3. The minimum Gasteiger partial charge on any atom is -0.417 e. The van der Waals surface area contributed by atoms with Gasteiger partial charge in [-0.15, -0.1) is 0 Å². The molecule has 0 aliphatic carbocycles. The number of rotatable bonds is 2. The molecule has 0 amide bonds. The second-order valence-corrected chi connectivity index (χ2v) is 3.35. The van der Waals surface area contributed by atoms with E-state index in [2.05, 4.69) is 4.98 Å². The maximum absolute atomic E-state index is 12.6. The predicted molar refractivity (Wildman–Crippen MR) is 52.8 cm³/mol. The third-order valence-electron chi connectivity index (χ3n) is 1.99. The number of aromatic nitrogens is 1. The lowest BCUT2D eigenvalue weighted by molar-refractivity contribution is -0.138. The van der Waals surface area contributed by atoms with Gasteiger partial charge in [-0.3, -0.25) is 0 Å². The Hall–Kier alpha value is -1.98. The summed E-state index contributed by atoms with van der Waals surface area (Å²) in [6.07, 6.45) is -3.39. The number of para-hydroxylation sites is 1. The van der Waals surface area contributed by atoms with Crippen LogP contribution in [0.25, 0.3) is 0 Å². The van der Waals surface area contributed by atoms with Gasteiger partial charge in [0.1, 0.15) is 12.0 Å². The Labute approximate surface area is 94.8 Å². The molecule has 17 heavy (non-hydrogen) atoms. The summed E-state index contributed by atoms with van der Waals surface area (Å²) in [6, 6.07) is 4.88. The molecule has 1 aromatic heterocycles. The fourth-order valence-corrected chi connectivity index (χ4v) is 1.26. The topological polar surface area (TPSA) is 35.3 Å². The van der Waals surface area contributed by atoms with Crippen molar-refractivity contribution in [1.29, 1.82) is 0 Å². The monoisotopic (exact) mass is 243 g/mol. The Morgan fingerprint density at radius 3 is 2.53 bits per heavy atom. The molecule has 0 N–H and O–H groups in total. The zero-order valence-electron chi connectivity index (χ0n) is 8.78. The lowest BCUT2D eigenvalue weighted by atomic mass is 10.2. The molecule has 2 aromatic rings. The number of aryl methyl sites for hydroxylation is 1. The molecule has 0 saturated carbocycles. The molecule has 0 radical (unpaired) electrons. The van der Waals surface area contributed by atoms with Crippen molar-refractivity contribution in [3.05, 3.63) is 41.8 Å². The van der Waals surface area contributed by atoms with Gasteiger partial charge in [0.2, 0.25) is 0 Å². The summed E-state index contributed by atoms with van der Waals surface area (Å²) in [4.78, 5) is 3.77. The number of alkyl halides is 3. The van der Waals surface area contributed by atoms with E-state index in [9.17, 15) is 13.2 Å². The summed E-state index contributed by atoms with van der Waals surface area (Å²) in [5.74, 6) is -0.332. The van der Waals surface area contributed by atoms with E-state index in [0.717, 1.165) is 6.07 Å². The fraction of sp³-hybridized carbons (Fsp3) is 0.182. The van der Waals surface area contributed by atoms with E-state index in [1.54, 1.807) is 6.92 Å². The Balaban J connectivity index is 2.33. The van der Waals surface area contributed by atoms with Gasteiger partial charge in [-0.1, -0.05) is 12.1 Å². The molecule has 0 unspecified atom stereocenters. The number of hydrogen-bond acceptors (Lipinski definition) is 3. The van der Waals surface area contributed by atoms with Crippen LogP contribution in [0.4, 0.5) is 13.2 Å². The molecule has 0 atom stereocenters. The molecule has 0 fully saturated rings. The number of benzene rings is 1. The third-order valence-corrected chi connectivity index (χ3v) is 1.99. The van der Waals surface area contributed by atoms with Gasteiger partial charge in [-0.2, -0.15) is 18.2 Å². The molecule has 90 valence electrons. The van der Waals surface area contributed by atoms with Crippen molar-refractivity contribution in [2.24, 2.45) is 0 Å². The second-order valence-electron chi connectivity index (χ2n) is 3.35. The molecular formula is C11H8F3NO2. The van der Waals surface area contributed by atoms with Crippen LogP contribution in [0.2, 0.25) is 0 Å². The molecule has 2 rings (SSSR count). The Bertz CT molecular complexity index is 519. The highest BCUT2D eigenvalue weighted by atomic mass is 19.4. The molecule has 3 nitrogen and oxygen atoms in total. The van der Waals surface area contributed by atoms with E-state index in [4.69, 9.17) is 9.15 Å². The predicted octanol–water partition coefficient (Wildman–Crippen LogP) is 3.79. The van der Waals surface area contributed by atoms with Crippen molar-refractivity contribution in [2.75, 3.05) is 0 Å². The van der Waals surface area contributed by atoms with Gasteiger partial charge >= 0.3 is 12.3 Å². The quantitative estimate of drug-likeness (QED) is 0.804. The van der Waals surface area contributed by atoms with Crippen molar-refractivity contribution in [3.63, 3.8) is 0 Å². The second kappa shape index (κ2) is 4.12. The summed E-state index contributed by atoms with van der Waals surface area (Å²) in [5, 5.41) is 0. The summed E-state index contributed by atoms with van der Waals surface area (Å²) < 4.78 is 47.7. The van der Waals surface area contributed by atoms with Crippen LogP contribution >= 0.6 is 0 Å². The lowest BCUT2D eigenvalue weighted by Gasteiger charge is -2.10. The third kappa shape index (κ3) is 2.58. The van der Waals surface area contributed by atoms with Crippen molar-refractivity contribution < 1.29 is 22.3 Å². The zero-order chi connectivity index (χ0) is 12.5. The number of oxazole rings is 1. The first-order chi connectivity index (χ1) is 7.97. The van der Waals surface area contributed by atoms with Crippen LogP contribution in [0.3, 0.4) is 0 Å².